The average molecular weight is 348 g/mol. The first-order chi connectivity index (χ1) is 12.5. The number of hydrogen-bond donors (Lipinski definition) is 1. The van der Waals surface area contributed by atoms with Gasteiger partial charge in [-0.3, -0.25) is 9.59 Å². The molecule has 1 aromatic carbocycles. The molecule has 26 heavy (non-hydrogen) atoms. The first-order valence-electron chi connectivity index (χ1n) is 9.03. The molecule has 0 aliphatic rings. The summed E-state index contributed by atoms with van der Waals surface area (Å²) in [5, 5.41) is 2.82. The first kappa shape index (κ1) is 17.9. The Morgan fingerprint density at radius 1 is 1.12 bits per heavy atom. The molecule has 0 unspecified atom stereocenters. The zero-order valence-electron chi connectivity index (χ0n) is 15.5. The summed E-state index contributed by atoms with van der Waals surface area (Å²) in [6, 6.07) is 15.6. The normalized spacial score (nSPS) is 12.1. The molecule has 0 bridgehead atoms. The van der Waals surface area contributed by atoms with Crippen LogP contribution < -0.4 is 5.32 Å². The Hall–Kier alpha value is -2.88. The van der Waals surface area contributed by atoms with Crippen LogP contribution in [0.5, 0.6) is 0 Å². The van der Waals surface area contributed by atoms with E-state index in [-0.39, 0.29) is 6.04 Å². The Labute approximate surface area is 153 Å². The molecule has 0 saturated carbocycles. The van der Waals surface area contributed by atoms with E-state index in [1.54, 1.807) is 4.40 Å². The van der Waals surface area contributed by atoms with Gasteiger partial charge in [0.25, 0.3) is 11.7 Å². The van der Waals surface area contributed by atoms with Gasteiger partial charge in [-0.05, 0) is 44.0 Å². The number of pyridine rings is 1. The molecule has 0 spiro atoms. The van der Waals surface area contributed by atoms with Gasteiger partial charge >= 0.3 is 0 Å². The lowest BCUT2D eigenvalue weighted by atomic mass is 10.0. The number of amides is 1. The number of fused-ring (bicyclic) bond motifs is 1. The lowest BCUT2D eigenvalue weighted by Crippen LogP contribution is -2.38. The van der Waals surface area contributed by atoms with Gasteiger partial charge in [0.15, 0.2) is 0 Å². The SMILES string of the molecule is CCC[C@H](C)NC(=O)C(=O)c1c(-c2ccc(C)cc2)cc2ccccn12. The zero-order valence-corrected chi connectivity index (χ0v) is 15.5. The number of rotatable bonds is 6. The molecular weight excluding hydrogens is 324 g/mol. The highest BCUT2D eigenvalue weighted by molar-refractivity contribution is 6.43. The molecule has 3 aromatic rings. The van der Waals surface area contributed by atoms with E-state index in [1.165, 1.54) is 0 Å². The number of Topliss-reactive ketones (excluding diaryl/α,β-unsaturated/α-hetero) is 1. The van der Waals surface area contributed by atoms with E-state index in [9.17, 15) is 9.59 Å². The van der Waals surface area contributed by atoms with Gasteiger partial charge < -0.3 is 9.72 Å². The monoisotopic (exact) mass is 348 g/mol. The number of benzene rings is 1. The highest BCUT2D eigenvalue weighted by Crippen LogP contribution is 2.28. The fourth-order valence-electron chi connectivity index (χ4n) is 3.21. The van der Waals surface area contributed by atoms with Crippen LogP contribution in [0, 0.1) is 6.92 Å². The van der Waals surface area contributed by atoms with Gasteiger partial charge in [0.1, 0.15) is 5.69 Å². The minimum Gasteiger partial charge on any atom is -0.347 e. The maximum Gasteiger partial charge on any atom is 0.294 e. The molecule has 2 heterocycles. The Morgan fingerprint density at radius 3 is 2.54 bits per heavy atom. The third-order valence-electron chi connectivity index (χ3n) is 4.56. The Morgan fingerprint density at radius 2 is 1.85 bits per heavy atom. The minimum atomic E-state index is -0.553. The molecular formula is C22H24N2O2. The van der Waals surface area contributed by atoms with Crippen LogP contribution in [0.2, 0.25) is 0 Å². The van der Waals surface area contributed by atoms with Gasteiger partial charge in [-0.1, -0.05) is 49.2 Å². The number of carbonyl (C=O) groups excluding carboxylic acids is 2. The van der Waals surface area contributed by atoms with E-state index in [4.69, 9.17) is 0 Å². The largest absolute Gasteiger partial charge is 0.347 e. The van der Waals surface area contributed by atoms with Crippen LogP contribution in [0.4, 0.5) is 0 Å². The minimum absolute atomic E-state index is 0.0227. The van der Waals surface area contributed by atoms with Crippen LogP contribution in [0.25, 0.3) is 16.6 Å². The molecule has 0 fully saturated rings. The van der Waals surface area contributed by atoms with E-state index in [0.717, 1.165) is 35.0 Å². The molecule has 0 aliphatic carbocycles. The third kappa shape index (κ3) is 3.54. The van der Waals surface area contributed by atoms with Crippen molar-refractivity contribution in [1.82, 2.24) is 9.72 Å². The molecule has 1 amide bonds. The predicted octanol–water partition coefficient (Wildman–Crippen LogP) is 4.40. The van der Waals surface area contributed by atoms with E-state index in [1.807, 2.05) is 68.6 Å². The Kier molecular flexibility index (Phi) is 5.21. The highest BCUT2D eigenvalue weighted by Gasteiger charge is 2.25. The molecule has 0 saturated heterocycles. The molecule has 2 aromatic heterocycles. The quantitative estimate of drug-likeness (QED) is 0.530. The van der Waals surface area contributed by atoms with E-state index >= 15 is 0 Å². The number of nitrogens with one attached hydrogen (secondary N) is 1. The number of nitrogens with zero attached hydrogens (tertiary/aromatic N) is 1. The van der Waals surface area contributed by atoms with Crippen LogP contribution in [0.1, 0.15) is 42.7 Å². The van der Waals surface area contributed by atoms with Crippen molar-refractivity contribution in [2.45, 2.75) is 39.7 Å². The van der Waals surface area contributed by atoms with Crippen molar-refractivity contribution in [2.24, 2.45) is 0 Å². The smallest absolute Gasteiger partial charge is 0.294 e. The molecule has 0 aliphatic heterocycles. The predicted molar refractivity (Wildman–Crippen MR) is 104 cm³/mol. The van der Waals surface area contributed by atoms with Gasteiger partial charge in [-0.25, -0.2) is 0 Å². The summed E-state index contributed by atoms with van der Waals surface area (Å²) >= 11 is 0. The van der Waals surface area contributed by atoms with Crippen LogP contribution in [-0.2, 0) is 4.79 Å². The van der Waals surface area contributed by atoms with Crippen molar-refractivity contribution in [2.75, 3.05) is 0 Å². The number of ketones is 1. The average Bonchev–Trinajstić information content (AvgIpc) is 3.01. The highest BCUT2D eigenvalue weighted by atomic mass is 16.2. The summed E-state index contributed by atoms with van der Waals surface area (Å²) in [5.74, 6) is -1.06. The van der Waals surface area contributed by atoms with Gasteiger partial charge in [0, 0.05) is 23.3 Å². The first-order valence-corrected chi connectivity index (χ1v) is 9.03. The van der Waals surface area contributed by atoms with Crippen LogP contribution in [-0.4, -0.2) is 22.1 Å². The standard InChI is InChI=1S/C22H24N2O2/c1-4-7-16(3)23-22(26)21(25)20-19(17-11-9-15(2)10-12-17)14-18-8-5-6-13-24(18)20/h5-6,8-14,16H,4,7H2,1-3H3,(H,23,26)/t16-/m0/s1. The summed E-state index contributed by atoms with van der Waals surface area (Å²) in [6.45, 7) is 6.00. The van der Waals surface area contributed by atoms with Gasteiger partial charge in [-0.2, -0.15) is 0 Å². The fourth-order valence-corrected chi connectivity index (χ4v) is 3.21. The summed E-state index contributed by atoms with van der Waals surface area (Å²) in [4.78, 5) is 25.5. The molecule has 0 radical (unpaired) electrons. The summed E-state index contributed by atoms with van der Waals surface area (Å²) < 4.78 is 1.79. The van der Waals surface area contributed by atoms with Crippen molar-refractivity contribution in [3.63, 3.8) is 0 Å². The Balaban J connectivity index is 2.05. The van der Waals surface area contributed by atoms with Crippen LogP contribution in [0.3, 0.4) is 0 Å². The number of aromatic nitrogens is 1. The lowest BCUT2D eigenvalue weighted by Gasteiger charge is -2.13. The number of aryl methyl sites for hydroxylation is 1. The van der Waals surface area contributed by atoms with Crippen LogP contribution >= 0.6 is 0 Å². The molecule has 134 valence electrons. The van der Waals surface area contributed by atoms with Gasteiger partial charge in [0.05, 0.1) is 0 Å². The van der Waals surface area contributed by atoms with E-state index in [2.05, 4.69) is 12.2 Å². The molecule has 4 heteroatoms. The molecule has 4 nitrogen and oxygen atoms in total. The van der Waals surface area contributed by atoms with Crippen molar-refractivity contribution < 1.29 is 9.59 Å². The number of hydrogen-bond acceptors (Lipinski definition) is 2. The summed E-state index contributed by atoms with van der Waals surface area (Å²) in [6.07, 6.45) is 3.63. The second-order valence-corrected chi connectivity index (χ2v) is 6.76. The zero-order chi connectivity index (χ0) is 18.7. The van der Waals surface area contributed by atoms with Crippen molar-refractivity contribution in [1.29, 1.82) is 0 Å². The van der Waals surface area contributed by atoms with E-state index in [0.29, 0.717) is 5.69 Å². The number of carbonyl (C=O) groups is 2. The summed E-state index contributed by atoms with van der Waals surface area (Å²) in [5.41, 5.74) is 4.15. The van der Waals surface area contributed by atoms with Crippen LogP contribution in [0.15, 0.2) is 54.7 Å². The van der Waals surface area contributed by atoms with Crippen molar-refractivity contribution in [3.05, 3.63) is 66.0 Å². The van der Waals surface area contributed by atoms with Crippen molar-refractivity contribution in [3.8, 4) is 11.1 Å². The fraction of sp³-hybridized carbons (Fsp3) is 0.273. The van der Waals surface area contributed by atoms with Gasteiger partial charge in [-0.15, -0.1) is 0 Å². The lowest BCUT2D eigenvalue weighted by molar-refractivity contribution is -0.117. The molecule has 3 rings (SSSR count). The third-order valence-corrected chi connectivity index (χ3v) is 4.56. The molecule has 1 N–H and O–H groups in total. The maximum absolute atomic E-state index is 13.0. The maximum atomic E-state index is 13.0. The summed E-state index contributed by atoms with van der Waals surface area (Å²) in [7, 11) is 0. The Bertz CT molecular complexity index is 938. The van der Waals surface area contributed by atoms with Crippen molar-refractivity contribution >= 4 is 17.2 Å². The van der Waals surface area contributed by atoms with E-state index < -0.39 is 11.7 Å². The second-order valence-electron chi connectivity index (χ2n) is 6.76. The molecule has 1 atom stereocenters. The van der Waals surface area contributed by atoms with Gasteiger partial charge in [0.2, 0.25) is 0 Å². The second kappa shape index (κ2) is 7.56. The topological polar surface area (TPSA) is 50.6 Å².